The van der Waals surface area contributed by atoms with E-state index in [0.29, 0.717) is 24.4 Å². The van der Waals surface area contributed by atoms with Crippen molar-refractivity contribution in [2.24, 2.45) is 0 Å². The van der Waals surface area contributed by atoms with E-state index >= 15 is 0 Å². The lowest BCUT2D eigenvalue weighted by Gasteiger charge is -2.21. The molecule has 0 aliphatic carbocycles. The predicted molar refractivity (Wildman–Crippen MR) is 82.8 cm³/mol. The highest BCUT2D eigenvalue weighted by molar-refractivity contribution is 5.45. The minimum absolute atomic E-state index is 0.200. The Morgan fingerprint density at radius 2 is 1.96 bits per heavy atom. The maximum absolute atomic E-state index is 13.5. The summed E-state index contributed by atoms with van der Waals surface area (Å²) in [6, 6.07) is 6.40. The third kappa shape index (κ3) is 2.96. The largest absolute Gasteiger partial charge is 0.371 e. The molecule has 1 aliphatic rings. The van der Waals surface area contributed by atoms with Crippen LogP contribution in [0.2, 0.25) is 0 Å². The fourth-order valence-corrected chi connectivity index (χ4v) is 2.96. The summed E-state index contributed by atoms with van der Waals surface area (Å²) in [6.45, 7) is 0.415. The van der Waals surface area contributed by atoms with Gasteiger partial charge in [-0.2, -0.15) is 4.52 Å². The molecule has 6 nitrogen and oxygen atoms in total. The van der Waals surface area contributed by atoms with Crippen LogP contribution in [0.25, 0.3) is 5.65 Å². The van der Waals surface area contributed by atoms with Crippen molar-refractivity contribution in [2.75, 3.05) is 11.9 Å². The molecule has 136 valence electrons. The second-order valence-corrected chi connectivity index (χ2v) is 5.85. The van der Waals surface area contributed by atoms with Gasteiger partial charge in [0.25, 0.3) is 6.43 Å². The Morgan fingerprint density at radius 3 is 2.73 bits per heavy atom. The molecule has 3 heterocycles. The van der Waals surface area contributed by atoms with Crippen LogP contribution in [-0.4, -0.2) is 32.5 Å². The fourth-order valence-electron chi connectivity index (χ4n) is 2.96. The first kappa shape index (κ1) is 16.7. The van der Waals surface area contributed by atoms with Crippen LogP contribution < -0.4 is 5.32 Å². The third-order valence-corrected chi connectivity index (χ3v) is 4.18. The van der Waals surface area contributed by atoms with Crippen LogP contribution in [0.1, 0.15) is 30.3 Å². The molecular formula is C16H13F4N5O. The number of hydrogen-bond donors (Lipinski definition) is 1. The molecule has 0 saturated carbocycles. The van der Waals surface area contributed by atoms with Gasteiger partial charge >= 0.3 is 0 Å². The van der Waals surface area contributed by atoms with Gasteiger partial charge in [-0.15, -0.1) is 15.3 Å². The number of anilines is 1. The molecule has 1 fully saturated rings. The zero-order valence-electron chi connectivity index (χ0n) is 13.2. The van der Waals surface area contributed by atoms with Gasteiger partial charge < -0.3 is 10.1 Å². The van der Waals surface area contributed by atoms with Crippen molar-refractivity contribution in [3.8, 4) is 0 Å². The minimum atomic E-state index is -2.81. The average molecular weight is 367 g/mol. The van der Waals surface area contributed by atoms with Gasteiger partial charge in [0.15, 0.2) is 17.3 Å². The molecule has 1 aromatic carbocycles. The molecule has 1 N–H and O–H groups in total. The summed E-state index contributed by atoms with van der Waals surface area (Å²) in [5, 5.41) is 14.2. The number of nitrogens with zero attached hydrogens (tertiary/aromatic N) is 4. The van der Waals surface area contributed by atoms with E-state index in [0.717, 1.165) is 16.6 Å². The third-order valence-electron chi connectivity index (χ3n) is 4.18. The Balaban J connectivity index is 1.60. The number of alkyl halides is 2. The maximum Gasteiger partial charge on any atom is 0.299 e. The number of halogens is 4. The highest BCUT2D eigenvalue weighted by atomic mass is 19.3. The van der Waals surface area contributed by atoms with Crippen LogP contribution in [0.3, 0.4) is 0 Å². The molecule has 0 bridgehead atoms. The van der Waals surface area contributed by atoms with E-state index in [2.05, 4.69) is 20.6 Å². The van der Waals surface area contributed by atoms with Crippen molar-refractivity contribution < 1.29 is 22.3 Å². The Morgan fingerprint density at radius 1 is 1.12 bits per heavy atom. The summed E-state index contributed by atoms with van der Waals surface area (Å²) >= 11 is 0. The molecule has 2 unspecified atom stereocenters. The first-order valence-corrected chi connectivity index (χ1v) is 7.86. The SMILES string of the molecule is Fc1ccc(C2OCCC2Nc2ccc3nnc(C(F)F)n3n2)cc1F. The quantitative estimate of drug-likeness (QED) is 0.717. The van der Waals surface area contributed by atoms with Gasteiger partial charge in [-0.3, -0.25) is 0 Å². The predicted octanol–water partition coefficient (Wildman–Crippen LogP) is 3.28. The molecular weight excluding hydrogens is 354 g/mol. The van der Waals surface area contributed by atoms with Gasteiger partial charge in [0, 0.05) is 6.61 Å². The first-order valence-electron chi connectivity index (χ1n) is 7.86. The number of fused-ring (bicyclic) bond motifs is 1. The van der Waals surface area contributed by atoms with Gasteiger partial charge in [0.1, 0.15) is 11.9 Å². The molecule has 2 aromatic heterocycles. The zero-order valence-corrected chi connectivity index (χ0v) is 13.2. The number of aromatic nitrogens is 4. The summed E-state index contributed by atoms with van der Waals surface area (Å²) in [5.74, 6) is -2.12. The molecule has 4 rings (SSSR count). The number of rotatable bonds is 4. The van der Waals surface area contributed by atoms with Gasteiger partial charge in [0.05, 0.1) is 6.04 Å². The minimum Gasteiger partial charge on any atom is -0.371 e. The summed E-state index contributed by atoms with van der Waals surface area (Å²) in [4.78, 5) is 0. The van der Waals surface area contributed by atoms with Crippen LogP contribution in [0.4, 0.5) is 23.4 Å². The lowest BCUT2D eigenvalue weighted by atomic mass is 10.0. The zero-order chi connectivity index (χ0) is 18.3. The smallest absolute Gasteiger partial charge is 0.299 e. The summed E-state index contributed by atoms with van der Waals surface area (Å²) in [7, 11) is 0. The maximum atomic E-state index is 13.5. The van der Waals surface area contributed by atoms with Crippen molar-refractivity contribution in [1.29, 1.82) is 0 Å². The topological polar surface area (TPSA) is 64.3 Å². The Labute approximate surface area is 144 Å². The van der Waals surface area contributed by atoms with Gasteiger partial charge in [-0.1, -0.05) is 6.07 Å². The summed E-state index contributed by atoms with van der Waals surface area (Å²) in [5.41, 5.74) is 0.684. The lowest BCUT2D eigenvalue weighted by molar-refractivity contribution is 0.107. The van der Waals surface area contributed by atoms with Crippen molar-refractivity contribution in [3.63, 3.8) is 0 Å². The summed E-state index contributed by atoms with van der Waals surface area (Å²) < 4.78 is 59.1. The van der Waals surface area contributed by atoms with Crippen molar-refractivity contribution >= 4 is 11.5 Å². The van der Waals surface area contributed by atoms with E-state index in [9.17, 15) is 17.6 Å². The number of benzene rings is 1. The second kappa shape index (κ2) is 6.52. The lowest BCUT2D eigenvalue weighted by Crippen LogP contribution is -2.24. The highest BCUT2D eigenvalue weighted by Gasteiger charge is 2.31. The number of ether oxygens (including phenoxy) is 1. The molecule has 2 atom stereocenters. The second-order valence-electron chi connectivity index (χ2n) is 5.85. The van der Waals surface area contributed by atoms with Crippen molar-refractivity contribution in [3.05, 3.63) is 53.4 Å². The molecule has 26 heavy (non-hydrogen) atoms. The van der Waals surface area contributed by atoms with Crippen LogP contribution in [-0.2, 0) is 4.74 Å². The van der Waals surface area contributed by atoms with Gasteiger partial charge in [-0.25, -0.2) is 17.6 Å². The Hall–Kier alpha value is -2.75. The molecule has 1 saturated heterocycles. The molecule has 0 amide bonds. The summed E-state index contributed by atoms with van der Waals surface area (Å²) in [6.07, 6.45) is -2.73. The Bertz CT molecular complexity index is 948. The van der Waals surface area contributed by atoms with E-state index in [1.54, 1.807) is 6.07 Å². The number of nitrogens with one attached hydrogen (secondary N) is 1. The fraction of sp³-hybridized carbons (Fsp3) is 0.312. The molecule has 3 aromatic rings. The highest BCUT2D eigenvalue weighted by Crippen LogP contribution is 2.32. The Kier molecular flexibility index (Phi) is 4.19. The van der Waals surface area contributed by atoms with Gasteiger partial charge in [-0.05, 0) is 36.2 Å². The van der Waals surface area contributed by atoms with Crippen LogP contribution in [0.5, 0.6) is 0 Å². The van der Waals surface area contributed by atoms with Crippen molar-refractivity contribution in [1.82, 2.24) is 19.8 Å². The van der Waals surface area contributed by atoms with Gasteiger partial charge in [0.2, 0.25) is 5.82 Å². The average Bonchev–Trinajstić information content (AvgIpc) is 3.24. The first-order chi connectivity index (χ1) is 12.5. The molecule has 0 radical (unpaired) electrons. The van der Waals surface area contributed by atoms with E-state index in [1.807, 2.05) is 0 Å². The van der Waals surface area contributed by atoms with E-state index in [-0.39, 0.29) is 11.7 Å². The van der Waals surface area contributed by atoms with Crippen LogP contribution in [0.15, 0.2) is 30.3 Å². The van der Waals surface area contributed by atoms with Crippen LogP contribution >= 0.6 is 0 Å². The molecule has 10 heteroatoms. The number of hydrogen-bond acceptors (Lipinski definition) is 5. The van der Waals surface area contributed by atoms with E-state index in [4.69, 9.17) is 4.74 Å². The van der Waals surface area contributed by atoms with Crippen LogP contribution in [0, 0.1) is 11.6 Å². The van der Waals surface area contributed by atoms with E-state index < -0.39 is 30.0 Å². The normalized spacial score (nSPS) is 20.2. The monoisotopic (exact) mass is 367 g/mol. The van der Waals surface area contributed by atoms with E-state index in [1.165, 1.54) is 12.1 Å². The van der Waals surface area contributed by atoms with Crippen molar-refractivity contribution in [2.45, 2.75) is 25.0 Å². The molecule has 1 aliphatic heterocycles. The standard InChI is InChI=1S/C16H13F4N5O/c17-9-2-1-8(7-10(9)18)14-11(5-6-26-14)21-12-3-4-13-22-23-16(15(19)20)25(13)24-12/h1-4,7,11,14-15H,5-6H2,(H,21,24). The molecule has 0 spiro atoms.